The van der Waals surface area contributed by atoms with E-state index in [2.05, 4.69) is 20.3 Å². The first-order chi connectivity index (χ1) is 18.3. The van der Waals surface area contributed by atoms with Crippen LogP contribution < -0.4 is 25.4 Å². The average molecular weight is 518 g/mol. The number of ether oxygens (including phenoxy) is 2. The summed E-state index contributed by atoms with van der Waals surface area (Å²) >= 11 is 0. The number of carboxylic acids is 1. The van der Waals surface area contributed by atoms with Gasteiger partial charge in [-0.05, 0) is 49.4 Å². The van der Waals surface area contributed by atoms with Crippen LogP contribution in [-0.4, -0.2) is 51.6 Å². The summed E-state index contributed by atoms with van der Waals surface area (Å²) in [5, 5.41) is 19.9. The number of benzene rings is 2. The van der Waals surface area contributed by atoms with E-state index in [0.29, 0.717) is 46.2 Å². The molecule has 0 radical (unpaired) electrons. The lowest BCUT2D eigenvalue weighted by Gasteiger charge is -2.20. The number of methoxy groups -OCH3 is 1. The van der Waals surface area contributed by atoms with Gasteiger partial charge in [0.05, 0.1) is 36.8 Å². The summed E-state index contributed by atoms with van der Waals surface area (Å²) in [6.07, 6.45) is 0.507. The summed E-state index contributed by atoms with van der Waals surface area (Å²) in [6.45, 7) is 2.04. The Balaban J connectivity index is 1.52. The second-order valence-electron chi connectivity index (χ2n) is 8.30. The van der Waals surface area contributed by atoms with E-state index >= 15 is 0 Å². The second-order valence-corrected chi connectivity index (χ2v) is 8.30. The number of aliphatic carboxylic acids is 1. The van der Waals surface area contributed by atoms with Gasteiger partial charge in [-0.3, -0.25) is 15.1 Å². The molecule has 0 saturated heterocycles. The fraction of sp³-hybridized carbons (Fsp3) is 0.192. The molecule has 4 aromatic rings. The summed E-state index contributed by atoms with van der Waals surface area (Å²) in [6, 6.07) is 13.6. The zero-order chi connectivity index (χ0) is 27.2. The van der Waals surface area contributed by atoms with Crippen LogP contribution in [0.25, 0.3) is 11.0 Å². The number of hydrogen-bond acceptors (Lipinski definition) is 8. The van der Waals surface area contributed by atoms with E-state index in [-0.39, 0.29) is 24.6 Å². The van der Waals surface area contributed by atoms with Crippen molar-refractivity contribution < 1.29 is 24.2 Å². The zero-order valence-corrected chi connectivity index (χ0v) is 20.8. The number of anilines is 2. The number of nitrogens with one attached hydrogen (secondary N) is 3. The minimum absolute atomic E-state index is 0.0517. The van der Waals surface area contributed by atoms with Gasteiger partial charge in [0.2, 0.25) is 0 Å². The number of hydrogen-bond donors (Lipinski definition) is 5. The summed E-state index contributed by atoms with van der Waals surface area (Å²) in [5.41, 5.74) is 8.84. The third-order valence-electron chi connectivity index (χ3n) is 5.76. The number of nitrogens with zero attached hydrogens (tertiary/aromatic N) is 3. The van der Waals surface area contributed by atoms with Gasteiger partial charge in [-0.25, -0.2) is 14.8 Å². The number of carbonyl (C=O) groups is 2. The van der Waals surface area contributed by atoms with Gasteiger partial charge in [0, 0.05) is 23.9 Å². The van der Waals surface area contributed by atoms with Crippen LogP contribution in [0.2, 0.25) is 0 Å². The van der Waals surface area contributed by atoms with E-state index in [1.165, 1.54) is 18.2 Å². The van der Waals surface area contributed by atoms with E-state index in [0.717, 1.165) is 5.52 Å². The molecule has 0 aliphatic rings. The van der Waals surface area contributed by atoms with Gasteiger partial charge in [0.25, 0.3) is 0 Å². The molecule has 4 rings (SSSR count). The van der Waals surface area contributed by atoms with Crippen LogP contribution in [0.5, 0.6) is 11.5 Å². The maximum Gasteiger partial charge on any atom is 0.420 e. The number of amides is 1. The Morgan fingerprint density at radius 1 is 1.18 bits per heavy atom. The van der Waals surface area contributed by atoms with Crippen LogP contribution in [0.15, 0.2) is 54.7 Å². The number of fused-ring (bicyclic) bond motifs is 1. The molecular weight excluding hydrogens is 490 g/mol. The Kier molecular flexibility index (Phi) is 7.71. The molecule has 0 bridgehead atoms. The van der Waals surface area contributed by atoms with E-state index in [1.807, 2.05) is 0 Å². The molecule has 6 N–H and O–H groups in total. The van der Waals surface area contributed by atoms with Crippen LogP contribution >= 0.6 is 0 Å². The van der Waals surface area contributed by atoms with E-state index in [9.17, 15) is 9.59 Å². The van der Waals surface area contributed by atoms with Gasteiger partial charge < -0.3 is 30.6 Å². The van der Waals surface area contributed by atoms with Crippen molar-refractivity contribution in [1.82, 2.24) is 15.0 Å². The third-order valence-corrected chi connectivity index (χ3v) is 5.76. The van der Waals surface area contributed by atoms with Crippen LogP contribution in [0.4, 0.5) is 16.3 Å². The van der Waals surface area contributed by atoms with Crippen molar-refractivity contribution in [2.45, 2.75) is 19.9 Å². The number of rotatable bonds is 10. The van der Waals surface area contributed by atoms with Crippen LogP contribution in [0, 0.1) is 12.3 Å². The number of amidine groups is 1. The molecule has 2 aromatic heterocycles. The monoisotopic (exact) mass is 517 g/mol. The molecular formula is C26H27N7O5. The lowest BCUT2D eigenvalue weighted by atomic mass is 10.1. The molecule has 0 aliphatic heterocycles. The second kappa shape index (κ2) is 11.3. The number of carboxylic acid groups (broad SMARTS) is 1. The molecule has 12 heteroatoms. The van der Waals surface area contributed by atoms with Crippen molar-refractivity contribution in [3.8, 4) is 11.5 Å². The molecule has 12 nitrogen and oxygen atoms in total. The molecule has 0 fully saturated rings. The maximum atomic E-state index is 13.0. The lowest BCUT2D eigenvalue weighted by Crippen LogP contribution is -2.36. The molecule has 2 heterocycles. The first-order valence-electron chi connectivity index (χ1n) is 11.6. The highest BCUT2D eigenvalue weighted by molar-refractivity contribution is 5.96. The number of aromatic nitrogens is 3. The Labute approximate surface area is 217 Å². The summed E-state index contributed by atoms with van der Waals surface area (Å²) in [7, 11) is 1.54. The minimum Gasteiger partial charge on any atom is -0.495 e. The van der Waals surface area contributed by atoms with Gasteiger partial charge in [0.15, 0.2) is 0 Å². The molecule has 1 amide bonds. The Morgan fingerprint density at radius 3 is 2.68 bits per heavy atom. The highest BCUT2D eigenvalue weighted by Crippen LogP contribution is 2.29. The number of pyridine rings is 1. The predicted molar refractivity (Wildman–Crippen MR) is 142 cm³/mol. The molecule has 38 heavy (non-hydrogen) atoms. The van der Waals surface area contributed by atoms with E-state index < -0.39 is 12.1 Å². The van der Waals surface area contributed by atoms with Crippen molar-refractivity contribution in [3.05, 3.63) is 71.7 Å². The van der Waals surface area contributed by atoms with Gasteiger partial charge in [-0.15, -0.1) is 0 Å². The number of nitrogens with two attached hydrogens (primary N) is 1. The van der Waals surface area contributed by atoms with Crippen LogP contribution in [0.3, 0.4) is 0 Å². The van der Waals surface area contributed by atoms with Crippen molar-refractivity contribution >= 4 is 40.4 Å². The Hall–Kier alpha value is -5.13. The van der Waals surface area contributed by atoms with Gasteiger partial charge in [0.1, 0.15) is 29.0 Å². The fourth-order valence-electron chi connectivity index (χ4n) is 3.79. The Morgan fingerprint density at radius 2 is 2.00 bits per heavy atom. The summed E-state index contributed by atoms with van der Waals surface area (Å²) in [5.74, 6) is 0.676. The van der Waals surface area contributed by atoms with Gasteiger partial charge in [-0.1, -0.05) is 6.07 Å². The number of aryl methyl sites for hydroxylation is 1. The summed E-state index contributed by atoms with van der Waals surface area (Å²) < 4.78 is 11.0. The highest BCUT2D eigenvalue weighted by atomic mass is 16.6. The van der Waals surface area contributed by atoms with E-state index in [1.54, 1.807) is 55.5 Å². The highest BCUT2D eigenvalue weighted by Gasteiger charge is 2.22. The Bertz CT molecular complexity index is 1490. The summed E-state index contributed by atoms with van der Waals surface area (Å²) in [4.78, 5) is 37.3. The molecule has 0 saturated carbocycles. The van der Waals surface area contributed by atoms with Gasteiger partial charge in [-0.2, -0.15) is 0 Å². The molecule has 2 aromatic carbocycles. The number of imidazole rings is 1. The number of aromatic amines is 1. The molecule has 0 aliphatic carbocycles. The molecule has 0 atom stereocenters. The molecule has 0 unspecified atom stereocenters. The lowest BCUT2D eigenvalue weighted by molar-refractivity contribution is -0.136. The van der Waals surface area contributed by atoms with Gasteiger partial charge >= 0.3 is 12.1 Å². The zero-order valence-electron chi connectivity index (χ0n) is 20.8. The molecule has 196 valence electrons. The smallest absolute Gasteiger partial charge is 0.420 e. The van der Waals surface area contributed by atoms with E-state index in [4.69, 9.17) is 25.7 Å². The van der Waals surface area contributed by atoms with Crippen molar-refractivity contribution in [1.29, 1.82) is 5.41 Å². The average Bonchev–Trinajstić information content (AvgIpc) is 3.33. The van der Waals surface area contributed by atoms with Crippen LogP contribution in [-0.2, 0) is 11.3 Å². The quantitative estimate of drug-likeness (QED) is 0.155. The first-order valence-corrected chi connectivity index (χ1v) is 11.6. The predicted octanol–water partition coefficient (Wildman–Crippen LogP) is 3.65. The van der Waals surface area contributed by atoms with Crippen molar-refractivity contribution in [2.24, 2.45) is 5.73 Å². The minimum atomic E-state index is -1.04. The third kappa shape index (κ3) is 5.81. The number of H-pyrrole nitrogens is 1. The molecule has 0 spiro atoms. The largest absolute Gasteiger partial charge is 0.495 e. The normalized spacial score (nSPS) is 10.7. The topological polar surface area (TPSA) is 180 Å². The maximum absolute atomic E-state index is 13.0. The fourth-order valence-corrected chi connectivity index (χ4v) is 3.79. The van der Waals surface area contributed by atoms with Crippen LogP contribution in [0.1, 0.15) is 23.4 Å². The SMILES string of the molecule is COc1cc(C(=N)N)ccc1NCc1nc2c(C)c(OC(=O)N(CCC(=O)O)c3ccccn3)ccc2[nH]1. The number of carbonyl (C=O) groups excluding carboxylic acids is 1. The number of nitrogen functional groups attached to an aromatic ring is 1. The van der Waals surface area contributed by atoms with Crippen molar-refractivity contribution in [2.75, 3.05) is 23.9 Å². The first kappa shape index (κ1) is 25.9. The standard InChI is InChI=1S/C26H27N7O5/c1-15-19(38-26(36)33(12-10-23(34)35)22-5-3-4-11-29-22)9-8-18-24(15)32-21(31-18)14-30-17-7-6-16(25(27)28)13-20(17)37-2/h3-9,11,13,30H,10,12,14H2,1-2H3,(H3,27,28)(H,31,32)(H,34,35). The van der Waals surface area contributed by atoms with Crippen molar-refractivity contribution in [3.63, 3.8) is 0 Å².